The van der Waals surface area contributed by atoms with E-state index in [1.807, 2.05) is 6.92 Å². The fourth-order valence-electron chi connectivity index (χ4n) is 1.15. The zero-order chi connectivity index (χ0) is 8.97. The monoisotopic (exact) mass is 167 g/mol. The van der Waals surface area contributed by atoms with Crippen LogP contribution in [0.25, 0.3) is 0 Å². The fraction of sp³-hybridized carbons (Fsp3) is 0.400. The van der Waals surface area contributed by atoms with Crippen LogP contribution in [-0.4, -0.2) is 0 Å². The summed E-state index contributed by atoms with van der Waals surface area (Å²) in [5.74, 6) is -0.383. The normalized spacial score (nSPS) is 12.9. The summed E-state index contributed by atoms with van der Waals surface area (Å²) in [6.45, 7) is 1.92. The molecule has 0 amide bonds. The molecule has 12 heavy (non-hydrogen) atoms. The van der Waals surface area contributed by atoms with Crippen molar-refractivity contribution in [2.45, 2.75) is 25.9 Å². The van der Waals surface area contributed by atoms with Crippen molar-refractivity contribution < 1.29 is 9.50 Å². The predicted molar refractivity (Wildman–Crippen MR) is 44.7 cm³/mol. The van der Waals surface area contributed by atoms with Crippen molar-refractivity contribution in [2.75, 3.05) is 0 Å². The molecule has 0 saturated heterocycles. The largest absolute Gasteiger partial charge is 0.228 e. The van der Waals surface area contributed by atoms with Crippen molar-refractivity contribution in [2.24, 2.45) is 0 Å². The summed E-state index contributed by atoms with van der Waals surface area (Å²) in [5.41, 5.74) is 0.291. The first-order chi connectivity index (χ1) is 5.75. The molecule has 0 N–H and O–H groups in total. The Bertz CT molecular complexity index is 247. The van der Waals surface area contributed by atoms with Crippen LogP contribution in [0.1, 0.15) is 31.4 Å². The Labute approximate surface area is 71.9 Å². The van der Waals surface area contributed by atoms with Crippen LogP contribution in [0, 0.1) is 5.82 Å². The second kappa shape index (κ2) is 4.21. The lowest BCUT2D eigenvalue weighted by atomic mass is 10.1. The van der Waals surface area contributed by atoms with Gasteiger partial charge in [-0.15, -0.1) is 0 Å². The van der Waals surface area contributed by atoms with Gasteiger partial charge in [-0.3, -0.25) is 0 Å². The maximum atomic E-state index is 13.0. The zero-order valence-corrected chi connectivity index (χ0v) is 7.09. The minimum absolute atomic E-state index is 0.291. The molecule has 1 nitrogen and oxygen atoms in total. The molecule has 1 atom stereocenters. The van der Waals surface area contributed by atoms with Crippen LogP contribution in [0.2, 0.25) is 0 Å². The first-order valence-electron chi connectivity index (χ1n) is 4.16. The van der Waals surface area contributed by atoms with Gasteiger partial charge < -0.3 is 0 Å². The molecule has 0 aromatic heterocycles. The summed E-state index contributed by atoms with van der Waals surface area (Å²) < 4.78 is 13.0. The second-order valence-corrected chi connectivity index (χ2v) is 2.80. The minimum atomic E-state index is -0.906. The van der Waals surface area contributed by atoms with E-state index in [4.69, 9.17) is 0 Å². The highest BCUT2D eigenvalue weighted by molar-refractivity contribution is 5.19. The van der Waals surface area contributed by atoms with Gasteiger partial charge >= 0.3 is 0 Å². The van der Waals surface area contributed by atoms with Crippen LogP contribution in [0.5, 0.6) is 0 Å². The van der Waals surface area contributed by atoms with E-state index in [0.717, 1.165) is 6.42 Å². The lowest BCUT2D eigenvalue weighted by molar-refractivity contribution is 0.0773. The maximum absolute atomic E-state index is 13.0. The molecular weight excluding hydrogens is 155 g/mol. The molecule has 1 radical (unpaired) electrons. The molecule has 1 rings (SSSR count). The van der Waals surface area contributed by atoms with Gasteiger partial charge in [-0.25, -0.2) is 9.50 Å². The highest BCUT2D eigenvalue weighted by Crippen LogP contribution is 2.21. The third kappa shape index (κ3) is 2.05. The molecule has 1 aromatic carbocycles. The van der Waals surface area contributed by atoms with Crippen LogP contribution in [0.4, 0.5) is 4.39 Å². The smallest absolute Gasteiger partial charge is 0.129 e. The summed E-state index contributed by atoms with van der Waals surface area (Å²) in [5, 5.41) is 11.3. The zero-order valence-electron chi connectivity index (χ0n) is 7.09. The molecule has 0 saturated carbocycles. The van der Waals surface area contributed by atoms with Crippen molar-refractivity contribution in [3.05, 3.63) is 35.6 Å². The number of rotatable bonds is 3. The molecule has 65 valence electrons. The quantitative estimate of drug-likeness (QED) is 0.659. The number of hydrogen-bond acceptors (Lipinski definition) is 0. The number of halogens is 1. The van der Waals surface area contributed by atoms with E-state index < -0.39 is 6.10 Å². The summed E-state index contributed by atoms with van der Waals surface area (Å²) in [7, 11) is 0. The Morgan fingerprint density at radius 3 is 2.67 bits per heavy atom. The van der Waals surface area contributed by atoms with Crippen molar-refractivity contribution in [3.63, 3.8) is 0 Å². The van der Waals surface area contributed by atoms with Gasteiger partial charge in [-0.2, -0.15) is 0 Å². The van der Waals surface area contributed by atoms with Crippen LogP contribution in [0.3, 0.4) is 0 Å². The van der Waals surface area contributed by atoms with Gasteiger partial charge in [0.1, 0.15) is 11.9 Å². The molecular formula is C10H12FO. The predicted octanol–water partition coefficient (Wildman–Crippen LogP) is 3.10. The highest BCUT2D eigenvalue weighted by Gasteiger charge is 2.11. The van der Waals surface area contributed by atoms with E-state index in [2.05, 4.69) is 0 Å². The molecule has 2 heteroatoms. The third-order valence-corrected chi connectivity index (χ3v) is 1.80. The molecule has 0 bridgehead atoms. The lowest BCUT2D eigenvalue weighted by Gasteiger charge is -2.07. The van der Waals surface area contributed by atoms with E-state index >= 15 is 0 Å². The Hall–Kier alpha value is -0.890. The summed E-state index contributed by atoms with van der Waals surface area (Å²) in [6, 6.07) is 6.18. The first-order valence-corrected chi connectivity index (χ1v) is 4.16. The standard InChI is InChI=1S/C10H12FO/c1-2-5-10(12)8-6-3-4-7-9(8)11/h3-4,6-7,10H,2,5H2,1H3. The highest BCUT2D eigenvalue weighted by atomic mass is 19.1. The SMILES string of the molecule is CCCC([O])c1ccccc1F. The molecule has 0 fully saturated rings. The van der Waals surface area contributed by atoms with Gasteiger partial charge in [-0.05, 0) is 12.5 Å². The van der Waals surface area contributed by atoms with Crippen LogP contribution in [-0.2, 0) is 5.11 Å². The first kappa shape index (κ1) is 9.20. The van der Waals surface area contributed by atoms with Gasteiger partial charge in [0.15, 0.2) is 0 Å². The summed E-state index contributed by atoms with van der Waals surface area (Å²) in [4.78, 5) is 0. The van der Waals surface area contributed by atoms with Gasteiger partial charge in [0, 0.05) is 5.56 Å². The van der Waals surface area contributed by atoms with Crippen molar-refractivity contribution >= 4 is 0 Å². The molecule has 0 aliphatic rings. The van der Waals surface area contributed by atoms with Gasteiger partial charge in [0.2, 0.25) is 0 Å². The summed E-state index contributed by atoms with van der Waals surface area (Å²) >= 11 is 0. The molecule has 0 aliphatic carbocycles. The Morgan fingerprint density at radius 1 is 1.42 bits per heavy atom. The van der Waals surface area contributed by atoms with Crippen molar-refractivity contribution in [1.29, 1.82) is 0 Å². The average Bonchev–Trinajstić information content (AvgIpc) is 2.05. The van der Waals surface area contributed by atoms with Crippen molar-refractivity contribution in [3.8, 4) is 0 Å². The number of benzene rings is 1. The molecule has 1 aromatic rings. The topological polar surface area (TPSA) is 19.9 Å². The van der Waals surface area contributed by atoms with E-state index in [1.165, 1.54) is 6.07 Å². The van der Waals surface area contributed by atoms with Crippen LogP contribution >= 0.6 is 0 Å². The molecule has 0 aliphatic heterocycles. The van der Waals surface area contributed by atoms with Gasteiger partial charge in [-0.1, -0.05) is 31.5 Å². The van der Waals surface area contributed by atoms with Gasteiger partial charge in [0.25, 0.3) is 0 Å². The molecule has 0 spiro atoms. The van der Waals surface area contributed by atoms with Crippen LogP contribution < -0.4 is 0 Å². The second-order valence-electron chi connectivity index (χ2n) is 2.80. The molecule has 1 unspecified atom stereocenters. The van der Waals surface area contributed by atoms with Crippen LogP contribution in [0.15, 0.2) is 24.3 Å². The Balaban J connectivity index is 2.79. The van der Waals surface area contributed by atoms with E-state index in [0.29, 0.717) is 12.0 Å². The van der Waals surface area contributed by atoms with Gasteiger partial charge in [0.05, 0.1) is 0 Å². The Morgan fingerprint density at radius 2 is 2.08 bits per heavy atom. The minimum Gasteiger partial charge on any atom is -0.228 e. The van der Waals surface area contributed by atoms with E-state index in [1.54, 1.807) is 18.2 Å². The fourth-order valence-corrected chi connectivity index (χ4v) is 1.15. The molecule has 0 heterocycles. The summed E-state index contributed by atoms with van der Waals surface area (Å²) in [6.07, 6.45) is 0.389. The lowest BCUT2D eigenvalue weighted by Crippen LogP contribution is -1.97. The van der Waals surface area contributed by atoms with Crippen molar-refractivity contribution in [1.82, 2.24) is 0 Å². The Kier molecular flexibility index (Phi) is 3.23. The van der Waals surface area contributed by atoms with E-state index in [9.17, 15) is 9.50 Å². The average molecular weight is 167 g/mol. The van der Waals surface area contributed by atoms with E-state index in [-0.39, 0.29) is 5.82 Å². The number of hydrogen-bond donors (Lipinski definition) is 0. The third-order valence-electron chi connectivity index (χ3n) is 1.80. The maximum Gasteiger partial charge on any atom is 0.129 e.